The average molecular weight is 310 g/mol. The Morgan fingerprint density at radius 1 is 0.739 bits per heavy atom. The molecule has 0 unspecified atom stereocenters. The first-order valence-corrected chi connectivity index (χ1v) is 7.58. The molecule has 0 spiro atoms. The Bertz CT molecular complexity index is 748. The van der Waals surface area contributed by atoms with Gasteiger partial charge in [-0.15, -0.1) is 0 Å². The van der Waals surface area contributed by atoms with Crippen LogP contribution in [0.4, 0.5) is 0 Å². The van der Waals surface area contributed by atoms with Crippen LogP contribution in [0.3, 0.4) is 0 Å². The first-order valence-electron chi connectivity index (χ1n) is 7.58. The summed E-state index contributed by atoms with van der Waals surface area (Å²) >= 11 is 0. The lowest BCUT2D eigenvalue weighted by atomic mass is 10.1. The molecule has 0 heterocycles. The number of aliphatic hydroxyl groups excluding tert-OH is 1. The van der Waals surface area contributed by atoms with Crippen LogP contribution in [0.15, 0.2) is 60.7 Å². The Morgan fingerprint density at radius 2 is 1.26 bits per heavy atom. The molecule has 0 radical (unpaired) electrons. The molecule has 3 heteroatoms. The van der Waals surface area contributed by atoms with E-state index < -0.39 is 0 Å². The highest BCUT2D eigenvalue weighted by Crippen LogP contribution is 2.28. The lowest BCUT2D eigenvalue weighted by Crippen LogP contribution is -1.86. The summed E-state index contributed by atoms with van der Waals surface area (Å²) < 4.78 is 11.1. The van der Waals surface area contributed by atoms with E-state index in [2.05, 4.69) is 19.1 Å². The minimum atomic E-state index is 0.844. The first-order chi connectivity index (χ1) is 11.3. The number of hydrogen-bond acceptors (Lipinski definition) is 3. The van der Waals surface area contributed by atoms with Crippen molar-refractivity contribution in [2.45, 2.75) is 13.3 Å². The largest absolute Gasteiger partial charge is 0.497 e. The molecule has 3 nitrogen and oxygen atoms in total. The third-order valence-electron chi connectivity index (χ3n) is 3.59. The smallest absolute Gasteiger partial charge is 0.128 e. The highest BCUT2D eigenvalue weighted by atomic mass is 16.5. The van der Waals surface area contributed by atoms with Crippen LogP contribution in [0, 0.1) is 0 Å². The van der Waals surface area contributed by atoms with Crippen LogP contribution in [0.25, 0.3) is 10.8 Å². The molecule has 23 heavy (non-hydrogen) atoms. The Labute approximate surface area is 137 Å². The van der Waals surface area contributed by atoms with Gasteiger partial charge in [0, 0.05) is 7.11 Å². The van der Waals surface area contributed by atoms with Gasteiger partial charge in [0.15, 0.2) is 0 Å². The summed E-state index contributed by atoms with van der Waals surface area (Å²) in [6.45, 7) is 2.15. The Morgan fingerprint density at radius 3 is 1.83 bits per heavy atom. The molecular formula is C20H22O3. The van der Waals surface area contributed by atoms with Gasteiger partial charge in [0.05, 0.1) is 7.11 Å². The molecule has 3 aromatic carbocycles. The van der Waals surface area contributed by atoms with Crippen LogP contribution < -0.4 is 9.47 Å². The van der Waals surface area contributed by atoms with Crippen LogP contribution in [-0.4, -0.2) is 19.3 Å². The standard InChI is InChI=1S/C19H18O2.CH4O/c1-3-14-4-8-17(9-5-14)21-19-11-7-15-12-18(20-2)10-6-16(15)13-19;1-2/h4-13H,3H2,1-2H3;2H,1H3. The second-order valence-electron chi connectivity index (χ2n) is 4.97. The SMILES string of the molecule is CCc1ccc(Oc2ccc3cc(OC)ccc3c2)cc1.CO. The second kappa shape index (κ2) is 8.20. The summed E-state index contributed by atoms with van der Waals surface area (Å²) in [6, 6.07) is 20.3. The van der Waals surface area contributed by atoms with Crippen LogP contribution in [0.1, 0.15) is 12.5 Å². The van der Waals surface area contributed by atoms with E-state index >= 15 is 0 Å². The van der Waals surface area contributed by atoms with Crippen LogP contribution in [-0.2, 0) is 6.42 Å². The van der Waals surface area contributed by atoms with E-state index in [1.54, 1.807) is 7.11 Å². The molecule has 0 aliphatic rings. The summed E-state index contributed by atoms with van der Waals surface area (Å²) in [6.07, 6.45) is 1.04. The second-order valence-corrected chi connectivity index (χ2v) is 4.97. The minimum absolute atomic E-state index is 0.844. The number of aliphatic hydroxyl groups is 1. The van der Waals surface area contributed by atoms with E-state index in [4.69, 9.17) is 14.6 Å². The molecule has 0 aromatic heterocycles. The topological polar surface area (TPSA) is 38.7 Å². The van der Waals surface area contributed by atoms with Gasteiger partial charge in [0.25, 0.3) is 0 Å². The maximum absolute atomic E-state index is 7.00. The molecule has 0 aliphatic heterocycles. The minimum Gasteiger partial charge on any atom is -0.497 e. The molecule has 0 aliphatic carbocycles. The molecule has 0 saturated carbocycles. The predicted octanol–water partition coefficient (Wildman–Crippen LogP) is 4.81. The molecule has 1 N–H and O–H groups in total. The fourth-order valence-corrected chi connectivity index (χ4v) is 2.32. The van der Waals surface area contributed by atoms with Gasteiger partial charge in [0.1, 0.15) is 17.2 Å². The van der Waals surface area contributed by atoms with Gasteiger partial charge < -0.3 is 14.6 Å². The van der Waals surface area contributed by atoms with Crippen LogP contribution >= 0.6 is 0 Å². The molecule has 0 bridgehead atoms. The maximum atomic E-state index is 7.00. The summed E-state index contributed by atoms with van der Waals surface area (Å²) in [5, 5.41) is 9.28. The lowest BCUT2D eigenvalue weighted by Gasteiger charge is -2.08. The highest BCUT2D eigenvalue weighted by Gasteiger charge is 2.01. The normalized spacial score (nSPS) is 9.91. The van der Waals surface area contributed by atoms with Gasteiger partial charge in [-0.1, -0.05) is 31.2 Å². The molecule has 0 fully saturated rings. The van der Waals surface area contributed by atoms with E-state index in [0.717, 1.165) is 41.6 Å². The number of fused-ring (bicyclic) bond motifs is 1. The summed E-state index contributed by atoms with van der Waals surface area (Å²) in [4.78, 5) is 0. The summed E-state index contributed by atoms with van der Waals surface area (Å²) in [5.41, 5.74) is 1.31. The number of hydrogen-bond donors (Lipinski definition) is 1. The Hall–Kier alpha value is -2.52. The molecule has 0 atom stereocenters. The Kier molecular flexibility index (Phi) is 6.01. The van der Waals surface area contributed by atoms with E-state index in [-0.39, 0.29) is 0 Å². The van der Waals surface area contributed by atoms with Crippen molar-refractivity contribution in [1.29, 1.82) is 0 Å². The monoisotopic (exact) mass is 310 g/mol. The van der Waals surface area contributed by atoms with Crippen molar-refractivity contribution in [3.05, 3.63) is 66.2 Å². The van der Waals surface area contributed by atoms with E-state index in [1.807, 2.05) is 48.5 Å². The van der Waals surface area contributed by atoms with Crippen LogP contribution in [0.2, 0.25) is 0 Å². The predicted molar refractivity (Wildman–Crippen MR) is 94.5 cm³/mol. The number of methoxy groups -OCH3 is 1. The van der Waals surface area contributed by atoms with Gasteiger partial charge >= 0.3 is 0 Å². The third kappa shape index (κ3) is 4.24. The van der Waals surface area contributed by atoms with Crippen molar-refractivity contribution in [2.75, 3.05) is 14.2 Å². The highest BCUT2D eigenvalue weighted by molar-refractivity contribution is 5.85. The fourth-order valence-electron chi connectivity index (χ4n) is 2.32. The van der Waals surface area contributed by atoms with Gasteiger partial charge in [-0.2, -0.15) is 0 Å². The van der Waals surface area contributed by atoms with Crippen molar-refractivity contribution >= 4 is 10.8 Å². The van der Waals surface area contributed by atoms with Crippen molar-refractivity contribution in [3.63, 3.8) is 0 Å². The van der Waals surface area contributed by atoms with Gasteiger partial charge in [-0.05, 0) is 59.2 Å². The number of rotatable bonds is 4. The fraction of sp³-hybridized carbons (Fsp3) is 0.200. The van der Waals surface area contributed by atoms with E-state index in [0.29, 0.717) is 0 Å². The number of ether oxygens (including phenoxy) is 2. The first kappa shape index (κ1) is 16.8. The lowest BCUT2D eigenvalue weighted by molar-refractivity contribution is 0.399. The van der Waals surface area contributed by atoms with Crippen molar-refractivity contribution in [1.82, 2.24) is 0 Å². The van der Waals surface area contributed by atoms with Gasteiger partial charge in [-0.25, -0.2) is 0 Å². The zero-order chi connectivity index (χ0) is 16.7. The molecular weight excluding hydrogens is 288 g/mol. The quantitative estimate of drug-likeness (QED) is 0.751. The zero-order valence-electron chi connectivity index (χ0n) is 13.7. The third-order valence-corrected chi connectivity index (χ3v) is 3.59. The summed E-state index contributed by atoms with van der Waals surface area (Å²) in [5.74, 6) is 2.57. The molecule has 120 valence electrons. The Balaban J connectivity index is 0.000000924. The molecule has 3 rings (SSSR count). The van der Waals surface area contributed by atoms with Gasteiger partial charge in [0.2, 0.25) is 0 Å². The van der Waals surface area contributed by atoms with Crippen molar-refractivity contribution < 1.29 is 14.6 Å². The average Bonchev–Trinajstić information content (AvgIpc) is 2.63. The number of aryl methyl sites for hydroxylation is 1. The maximum Gasteiger partial charge on any atom is 0.128 e. The number of benzene rings is 3. The van der Waals surface area contributed by atoms with Gasteiger partial charge in [-0.3, -0.25) is 0 Å². The van der Waals surface area contributed by atoms with E-state index in [1.165, 1.54) is 5.56 Å². The molecule has 0 saturated heterocycles. The zero-order valence-corrected chi connectivity index (χ0v) is 13.7. The molecule has 3 aromatic rings. The molecule has 0 amide bonds. The van der Waals surface area contributed by atoms with Crippen molar-refractivity contribution in [3.8, 4) is 17.2 Å². The van der Waals surface area contributed by atoms with Crippen molar-refractivity contribution in [2.24, 2.45) is 0 Å². The van der Waals surface area contributed by atoms with E-state index in [9.17, 15) is 0 Å². The van der Waals surface area contributed by atoms with Crippen LogP contribution in [0.5, 0.6) is 17.2 Å². The summed E-state index contributed by atoms with van der Waals surface area (Å²) in [7, 11) is 2.68.